The molecule has 1 aliphatic rings. The summed E-state index contributed by atoms with van der Waals surface area (Å²) in [5.74, 6) is 1.90. The highest BCUT2D eigenvalue weighted by atomic mass is 16.5. The van der Waals surface area contributed by atoms with Crippen LogP contribution in [0.1, 0.15) is 43.1 Å². The smallest absolute Gasteiger partial charge is 0.256 e. The van der Waals surface area contributed by atoms with E-state index in [2.05, 4.69) is 41.3 Å². The Bertz CT molecular complexity index is 538. The molecule has 0 spiro atoms. The van der Waals surface area contributed by atoms with Crippen LogP contribution in [0.15, 0.2) is 34.9 Å². The van der Waals surface area contributed by atoms with Gasteiger partial charge in [-0.25, -0.2) is 0 Å². The van der Waals surface area contributed by atoms with Gasteiger partial charge >= 0.3 is 0 Å². The lowest BCUT2D eigenvalue weighted by Gasteiger charge is -2.07. The molecule has 2 aromatic rings. The molecule has 0 saturated carbocycles. The van der Waals surface area contributed by atoms with E-state index in [0.717, 1.165) is 38.1 Å². The van der Waals surface area contributed by atoms with E-state index in [0.29, 0.717) is 11.8 Å². The molecule has 0 radical (unpaired) electrons. The first kappa shape index (κ1) is 13.3. The summed E-state index contributed by atoms with van der Waals surface area (Å²) in [6.07, 6.45) is 3.98. The maximum atomic E-state index is 5.64. The van der Waals surface area contributed by atoms with Crippen molar-refractivity contribution in [3.63, 3.8) is 0 Å². The van der Waals surface area contributed by atoms with Crippen LogP contribution in [0.5, 0.6) is 0 Å². The van der Waals surface area contributed by atoms with Gasteiger partial charge in [0, 0.05) is 13.0 Å². The van der Waals surface area contributed by atoms with Crippen molar-refractivity contribution in [3.8, 4) is 0 Å². The zero-order chi connectivity index (χ0) is 13.8. The van der Waals surface area contributed by atoms with Gasteiger partial charge in [-0.3, -0.25) is 0 Å². The minimum atomic E-state index is -0.00891. The first-order valence-electron chi connectivity index (χ1n) is 7.31. The minimum absolute atomic E-state index is 0.00891. The van der Waals surface area contributed by atoms with Crippen molar-refractivity contribution in [2.45, 2.75) is 38.7 Å². The highest BCUT2D eigenvalue weighted by Crippen LogP contribution is 2.32. The van der Waals surface area contributed by atoms with E-state index < -0.39 is 0 Å². The quantitative estimate of drug-likeness (QED) is 0.837. The monoisotopic (exact) mass is 272 g/mol. The number of aryl methyl sites for hydroxylation is 2. The van der Waals surface area contributed by atoms with E-state index in [1.54, 1.807) is 0 Å². The van der Waals surface area contributed by atoms with E-state index in [9.17, 15) is 0 Å². The van der Waals surface area contributed by atoms with E-state index in [4.69, 9.17) is 9.26 Å². The molecule has 1 aliphatic heterocycles. The van der Waals surface area contributed by atoms with Gasteiger partial charge in [0.1, 0.15) is 6.10 Å². The molecule has 1 saturated heterocycles. The van der Waals surface area contributed by atoms with Crippen molar-refractivity contribution in [2.24, 2.45) is 5.92 Å². The second kappa shape index (κ2) is 6.18. The fraction of sp³-hybridized carbons (Fsp3) is 0.500. The Morgan fingerprint density at radius 2 is 2.05 bits per heavy atom. The Morgan fingerprint density at radius 1 is 1.20 bits per heavy atom. The number of nitrogens with zero attached hydrogens (tertiary/aromatic N) is 2. The molecule has 0 amide bonds. The molecular formula is C16H20N2O2. The van der Waals surface area contributed by atoms with Gasteiger partial charge in [-0.1, -0.05) is 42.4 Å². The van der Waals surface area contributed by atoms with Gasteiger partial charge in [-0.15, -0.1) is 0 Å². The van der Waals surface area contributed by atoms with Gasteiger partial charge in [0.2, 0.25) is 0 Å². The van der Waals surface area contributed by atoms with Gasteiger partial charge in [-0.05, 0) is 30.7 Å². The largest absolute Gasteiger partial charge is 0.368 e. The van der Waals surface area contributed by atoms with Gasteiger partial charge in [-0.2, -0.15) is 4.98 Å². The topological polar surface area (TPSA) is 48.2 Å². The van der Waals surface area contributed by atoms with Crippen LogP contribution < -0.4 is 0 Å². The number of aromatic nitrogens is 2. The summed E-state index contributed by atoms with van der Waals surface area (Å²) >= 11 is 0. The number of hydrogen-bond acceptors (Lipinski definition) is 4. The molecule has 0 bridgehead atoms. The minimum Gasteiger partial charge on any atom is -0.368 e. The summed E-state index contributed by atoms with van der Waals surface area (Å²) in [7, 11) is 0. The van der Waals surface area contributed by atoms with Gasteiger partial charge in [0.05, 0.1) is 0 Å². The first-order chi connectivity index (χ1) is 9.83. The summed E-state index contributed by atoms with van der Waals surface area (Å²) in [5.41, 5.74) is 1.35. The summed E-state index contributed by atoms with van der Waals surface area (Å²) in [6.45, 7) is 2.95. The third kappa shape index (κ3) is 3.07. The number of ether oxygens (including phenoxy) is 1. The average Bonchev–Trinajstić information content (AvgIpc) is 3.09. The van der Waals surface area contributed by atoms with Crippen LogP contribution in [-0.4, -0.2) is 16.7 Å². The second-order valence-corrected chi connectivity index (χ2v) is 5.45. The summed E-state index contributed by atoms with van der Waals surface area (Å²) in [4.78, 5) is 4.47. The van der Waals surface area contributed by atoms with E-state index in [-0.39, 0.29) is 6.10 Å². The lowest BCUT2D eigenvalue weighted by Crippen LogP contribution is -2.04. The first-order valence-corrected chi connectivity index (χ1v) is 7.31. The summed E-state index contributed by atoms with van der Waals surface area (Å²) < 4.78 is 11.0. The fourth-order valence-electron chi connectivity index (χ4n) is 2.59. The molecule has 0 N–H and O–H groups in total. The molecule has 2 heterocycles. The molecule has 4 heteroatoms. The zero-order valence-electron chi connectivity index (χ0n) is 11.8. The van der Waals surface area contributed by atoms with Crippen LogP contribution in [-0.2, 0) is 17.6 Å². The standard InChI is InChI=1S/C16H20N2O2/c1-12-10-11-19-15(12)16-17-14(18-20-16)9-5-8-13-6-3-2-4-7-13/h2-4,6-7,12,15H,5,8-11H2,1H3/t12-,15-/m0/s1. The normalized spacial score (nSPS) is 22.2. The second-order valence-electron chi connectivity index (χ2n) is 5.45. The van der Waals surface area contributed by atoms with Crippen molar-refractivity contribution < 1.29 is 9.26 Å². The van der Waals surface area contributed by atoms with Crippen LogP contribution in [0.3, 0.4) is 0 Å². The zero-order valence-corrected chi connectivity index (χ0v) is 11.8. The third-order valence-electron chi connectivity index (χ3n) is 3.82. The number of hydrogen-bond donors (Lipinski definition) is 0. The van der Waals surface area contributed by atoms with Crippen molar-refractivity contribution in [3.05, 3.63) is 47.6 Å². The molecule has 0 unspecified atom stereocenters. The van der Waals surface area contributed by atoms with Crippen molar-refractivity contribution in [1.82, 2.24) is 10.1 Å². The molecule has 20 heavy (non-hydrogen) atoms. The molecule has 0 aliphatic carbocycles. The molecule has 4 nitrogen and oxygen atoms in total. The highest BCUT2D eigenvalue weighted by Gasteiger charge is 2.30. The van der Waals surface area contributed by atoms with E-state index in [1.165, 1.54) is 5.56 Å². The van der Waals surface area contributed by atoms with Crippen LogP contribution in [0.25, 0.3) is 0 Å². The SMILES string of the molecule is C[C@H]1CCO[C@@H]1c1nc(CCCc2ccccc2)no1. The van der Waals surface area contributed by atoms with Gasteiger partial charge < -0.3 is 9.26 Å². The van der Waals surface area contributed by atoms with E-state index >= 15 is 0 Å². The molecule has 106 valence electrons. The maximum Gasteiger partial charge on any atom is 0.256 e. The molecule has 1 aromatic heterocycles. The summed E-state index contributed by atoms with van der Waals surface area (Å²) in [6, 6.07) is 10.5. The molecule has 2 atom stereocenters. The van der Waals surface area contributed by atoms with E-state index in [1.807, 2.05) is 6.07 Å². The summed E-state index contributed by atoms with van der Waals surface area (Å²) in [5, 5.41) is 4.06. The average molecular weight is 272 g/mol. The van der Waals surface area contributed by atoms with Crippen LogP contribution >= 0.6 is 0 Å². The molecular weight excluding hydrogens is 252 g/mol. The van der Waals surface area contributed by atoms with Crippen LogP contribution in [0.2, 0.25) is 0 Å². The Labute approximate surface area is 119 Å². The van der Waals surface area contributed by atoms with Crippen LogP contribution in [0.4, 0.5) is 0 Å². The third-order valence-corrected chi connectivity index (χ3v) is 3.82. The molecule has 1 aromatic carbocycles. The molecule has 3 rings (SSSR count). The van der Waals surface area contributed by atoms with Crippen molar-refractivity contribution in [2.75, 3.05) is 6.61 Å². The lowest BCUT2D eigenvalue weighted by atomic mass is 10.0. The number of rotatable bonds is 5. The number of benzene rings is 1. The van der Waals surface area contributed by atoms with Gasteiger partial charge in [0.15, 0.2) is 5.82 Å². The van der Waals surface area contributed by atoms with Crippen LogP contribution in [0, 0.1) is 5.92 Å². The highest BCUT2D eigenvalue weighted by molar-refractivity contribution is 5.14. The fourth-order valence-corrected chi connectivity index (χ4v) is 2.59. The Balaban J connectivity index is 1.52. The Kier molecular flexibility index (Phi) is 4.11. The van der Waals surface area contributed by atoms with Crippen molar-refractivity contribution in [1.29, 1.82) is 0 Å². The van der Waals surface area contributed by atoms with Crippen molar-refractivity contribution >= 4 is 0 Å². The molecule has 1 fully saturated rings. The maximum absolute atomic E-state index is 5.64. The Hall–Kier alpha value is -1.68. The predicted octanol–water partition coefficient (Wildman–Crippen LogP) is 3.34. The Morgan fingerprint density at radius 3 is 2.80 bits per heavy atom. The predicted molar refractivity (Wildman–Crippen MR) is 75.2 cm³/mol. The lowest BCUT2D eigenvalue weighted by molar-refractivity contribution is 0.0661. The van der Waals surface area contributed by atoms with Gasteiger partial charge in [0.25, 0.3) is 5.89 Å².